The lowest BCUT2D eigenvalue weighted by atomic mass is 9.96. The van der Waals surface area contributed by atoms with Gasteiger partial charge in [0.2, 0.25) is 0 Å². The van der Waals surface area contributed by atoms with Crippen molar-refractivity contribution in [3.05, 3.63) is 104 Å². The van der Waals surface area contributed by atoms with Crippen molar-refractivity contribution in [2.24, 2.45) is 0 Å². The highest BCUT2D eigenvalue weighted by atomic mass is 16.5. The second-order valence-corrected chi connectivity index (χ2v) is 8.52. The van der Waals surface area contributed by atoms with E-state index in [1.54, 1.807) is 0 Å². The molecule has 0 atom stereocenters. The first-order valence-corrected chi connectivity index (χ1v) is 11.1. The van der Waals surface area contributed by atoms with E-state index in [0.29, 0.717) is 24.3 Å². The van der Waals surface area contributed by atoms with Crippen LogP contribution in [0, 0.1) is 13.8 Å². The fourth-order valence-corrected chi connectivity index (χ4v) is 4.59. The molecule has 1 aromatic heterocycles. The molecule has 4 heteroatoms. The van der Waals surface area contributed by atoms with E-state index in [1.807, 2.05) is 44.2 Å². The molecule has 162 valence electrons. The van der Waals surface area contributed by atoms with Crippen molar-refractivity contribution in [3.63, 3.8) is 0 Å². The summed E-state index contributed by atoms with van der Waals surface area (Å²) < 4.78 is 12.0. The van der Waals surface area contributed by atoms with E-state index in [2.05, 4.69) is 42.2 Å². The lowest BCUT2D eigenvalue weighted by Gasteiger charge is -2.32. The van der Waals surface area contributed by atoms with Crippen LogP contribution in [0.4, 0.5) is 5.69 Å². The highest BCUT2D eigenvalue weighted by Gasteiger charge is 2.24. The first-order chi connectivity index (χ1) is 15.5. The van der Waals surface area contributed by atoms with E-state index in [1.165, 1.54) is 5.56 Å². The summed E-state index contributed by atoms with van der Waals surface area (Å²) in [6, 6.07) is 20.8. The first kappa shape index (κ1) is 20.4. The van der Waals surface area contributed by atoms with Crippen molar-refractivity contribution in [1.29, 1.82) is 0 Å². The predicted molar refractivity (Wildman–Crippen MR) is 129 cm³/mol. The van der Waals surface area contributed by atoms with Gasteiger partial charge in [-0.25, -0.2) is 4.79 Å². The molecule has 0 N–H and O–H groups in total. The van der Waals surface area contributed by atoms with Crippen molar-refractivity contribution in [1.82, 2.24) is 0 Å². The predicted octanol–water partition coefficient (Wildman–Crippen LogP) is 5.92. The summed E-state index contributed by atoms with van der Waals surface area (Å²) in [5.41, 5.74) is 7.64. The van der Waals surface area contributed by atoms with Crippen LogP contribution in [0.25, 0.3) is 11.0 Å². The van der Waals surface area contributed by atoms with Crippen LogP contribution < -0.4 is 15.3 Å². The number of anilines is 1. The van der Waals surface area contributed by atoms with Gasteiger partial charge in [0.25, 0.3) is 0 Å². The highest BCUT2D eigenvalue weighted by Crippen LogP contribution is 2.37. The molecular weight excluding hydrogens is 398 g/mol. The van der Waals surface area contributed by atoms with E-state index in [0.717, 1.165) is 52.0 Å². The molecule has 0 spiro atoms. The van der Waals surface area contributed by atoms with Crippen LogP contribution in [0.2, 0.25) is 0 Å². The van der Waals surface area contributed by atoms with Gasteiger partial charge in [0.05, 0.1) is 0 Å². The summed E-state index contributed by atoms with van der Waals surface area (Å²) in [6.45, 7) is 7.40. The monoisotopic (exact) mass is 425 g/mol. The Hall–Kier alpha value is -3.53. The summed E-state index contributed by atoms with van der Waals surface area (Å²) in [7, 11) is 0. The molecule has 5 rings (SSSR count). The van der Waals surface area contributed by atoms with Crippen LogP contribution >= 0.6 is 0 Å². The van der Waals surface area contributed by atoms with Gasteiger partial charge in [0.15, 0.2) is 6.73 Å². The molecule has 1 aliphatic heterocycles. The zero-order valence-electron chi connectivity index (χ0n) is 18.8. The van der Waals surface area contributed by atoms with Crippen LogP contribution in [0.3, 0.4) is 0 Å². The second-order valence-electron chi connectivity index (χ2n) is 8.52. The van der Waals surface area contributed by atoms with Gasteiger partial charge in [-0.05, 0) is 55.2 Å². The molecule has 0 saturated carbocycles. The molecule has 0 fully saturated rings. The summed E-state index contributed by atoms with van der Waals surface area (Å²) in [5, 5.41) is 0.986. The lowest BCUT2D eigenvalue weighted by Crippen LogP contribution is -2.32. The Kier molecular flexibility index (Phi) is 5.22. The van der Waals surface area contributed by atoms with Crippen molar-refractivity contribution in [2.45, 2.75) is 40.2 Å². The van der Waals surface area contributed by atoms with Crippen molar-refractivity contribution >= 4 is 16.7 Å². The number of hydrogen-bond donors (Lipinski definition) is 0. The smallest absolute Gasteiger partial charge is 0.340 e. The number of benzene rings is 3. The number of fused-ring (bicyclic) bond motifs is 2. The number of rotatable bonds is 4. The van der Waals surface area contributed by atoms with Crippen LogP contribution in [0.5, 0.6) is 5.75 Å². The van der Waals surface area contributed by atoms with Crippen LogP contribution in [-0.4, -0.2) is 6.73 Å². The van der Waals surface area contributed by atoms with Gasteiger partial charge in [0.1, 0.15) is 11.3 Å². The van der Waals surface area contributed by atoms with Gasteiger partial charge >= 0.3 is 5.63 Å². The molecule has 0 radical (unpaired) electrons. The minimum absolute atomic E-state index is 0.268. The third kappa shape index (κ3) is 3.56. The van der Waals surface area contributed by atoms with Crippen LogP contribution in [0.1, 0.15) is 40.3 Å². The Morgan fingerprint density at radius 3 is 2.50 bits per heavy atom. The molecule has 0 bridgehead atoms. The number of nitrogens with zero attached hydrogens (tertiary/aromatic N) is 1. The maximum atomic E-state index is 12.9. The van der Waals surface area contributed by atoms with E-state index in [-0.39, 0.29) is 5.63 Å². The zero-order chi connectivity index (χ0) is 22.2. The highest BCUT2D eigenvalue weighted by molar-refractivity contribution is 5.87. The summed E-state index contributed by atoms with van der Waals surface area (Å²) in [6.07, 6.45) is 1.57. The minimum Gasteiger partial charge on any atom is -0.472 e. The topological polar surface area (TPSA) is 42.7 Å². The molecule has 1 aliphatic rings. The molecule has 0 saturated heterocycles. The van der Waals surface area contributed by atoms with Crippen molar-refractivity contribution in [2.75, 3.05) is 11.6 Å². The van der Waals surface area contributed by atoms with Gasteiger partial charge in [-0.2, -0.15) is 0 Å². The first-order valence-electron chi connectivity index (χ1n) is 11.1. The molecule has 3 aromatic carbocycles. The minimum atomic E-state index is -0.268. The van der Waals surface area contributed by atoms with Crippen molar-refractivity contribution in [3.8, 4) is 5.75 Å². The summed E-state index contributed by atoms with van der Waals surface area (Å²) in [5.74, 6) is 0.832. The quantitative estimate of drug-likeness (QED) is 0.381. The van der Waals surface area contributed by atoms with Crippen molar-refractivity contribution < 1.29 is 9.15 Å². The number of ether oxygens (including phenoxy) is 1. The molecule has 4 nitrogen and oxygen atoms in total. The Morgan fingerprint density at radius 1 is 0.938 bits per heavy atom. The third-order valence-electron chi connectivity index (χ3n) is 6.47. The van der Waals surface area contributed by atoms with Gasteiger partial charge in [-0.1, -0.05) is 49.4 Å². The molecule has 32 heavy (non-hydrogen) atoms. The normalized spacial score (nSPS) is 13.2. The van der Waals surface area contributed by atoms with Gasteiger partial charge in [0, 0.05) is 40.7 Å². The summed E-state index contributed by atoms with van der Waals surface area (Å²) >= 11 is 0. The molecule has 0 aliphatic carbocycles. The number of aryl methyl sites for hydroxylation is 3. The lowest BCUT2D eigenvalue weighted by molar-refractivity contribution is 0.287. The summed E-state index contributed by atoms with van der Waals surface area (Å²) in [4.78, 5) is 15.1. The van der Waals surface area contributed by atoms with Gasteiger partial charge in [-0.3, -0.25) is 0 Å². The average molecular weight is 426 g/mol. The molecule has 2 heterocycles. The zero-order valence-corrected chi connectivity index (χ0v) is 18.8. The number of hydrogen-bond acceptors (Lipinski definition) is 4. The van der Waals surface area contributed by atoms with E-state index in [4.69, 9.17) is 9.15 Å². The van der Waals surface area contributed by atoms with E-state index in [9.17, 15) is 4.79 Å². The second kappa shape index (κ2) is 8.19. The maximum absolute atomic E-state index is 12.9. The van der Waals surface area contributed by atoms with Crippen LogP contribution in [-0.2, 0) is 19.4 Å². The third-order valence-corrected chi connectivity index (χ3v) is 6.47. The fraction of sp³-hybridized carbons (Fsp3) is 0.250. The Labute approximate surface area is 188 Å². The molecule has 0 unspecified atom stereocenters. The van der Waals surface area contributed by atoms with E-state index >= 15 is 0 Å². The molecule has 4 aromatic rings. The largest absolute Gasteiger partial charge is 0.472 e. The Balaban J connectivity index is 1.58. The SMILES string of the molecule is CCc1cccc(N2COc3c(cc4c(C)c(Cc5ccccc5)c(=O)oc4c3C)C2)c1. The Bertz CT molecular complexity index is 1350. The van der Waals surface area contributed by atoms with Crippen LogP contribution in [0.15, 0.2) is 69.9 Å². The Morgan fingerprint density at radius 2 is 1.72 bits per heavy atom. The fourth-order valence-electron chi connectivity index (χ4n) is 4.59. The van der Waals surface area contributed by atoms with Gasteiger partial charge in [-0.15, -0.1) is 0 Å². The van der Waals surface area contributed by atoms with Gasteiger partial charge < -0.3 is 14.1 Å². The average Bonchev–Trinajstić information content (AvgIpc) is 2.83. The maximum Gasteiger partial charge on any atom is 0.340 e. The van der Waals surface area contributed by atoms with E-state index < -0.39 is 0 Å². The standard InChI is InChI=1S/C28H27NO3/c1-4-20-11-8-12-23(13-20)29-16-22-15-24-18(2)25(14-21-9-6-5-7-10-21)28(30)32-27(24)19(3)26(22)31-17-29/h5-13,15H,4,14,16-17H2,1-3H3. The molecule has 0 amide bonds. The molecular formula is C28H27NO3.